The highest BCUT2D eigenvalue weighted by Crippen LogP contribution is 2.30. The van der Waals surface area contributed by atoms with E-state index >= 15 is 0 Å². The Labute approximate surface area is 179 Å². The van der Waals surface area contributed by atoms with E-state index in [1.165, 1.54) is 0 Å². The monoisotopic (exact) mass is 412 g/mol. The van der Waals surface area contributed by atoms with Gasteiger partial charge in [-0.3, -0.25) is 4.99 Å². The summed E-state index contributed by atoms with van der Waals surface area (Å²) in [5, 5.41) is 6.86. The normalized spacial score (nSPS) is 14.9. The molecule has 1 aliphatic heterocycles. The van der Waals surface area contributed by atoms with E-state index in [1.807, 2.05) is 36.4 Å². The SMILES string of the molecule is CN=C(NCCOc1ccccc1)NC1CCN(c2cc(OC)cc(OC)c2)CC1. The minimum Gasteiger partial charge on any atom is -0.497 e. The molecule has 7 nitrogen and oxygen atoms in total. The molecule has 0 aliphatic carbocycles. The summed E-state index contributed by atoms with van der Waals surface area (Å²) >= 11 is 0. The van der Waals surface area contributed by atoms with Crippen molar-refractivity contribution in [3.05, 3.63) is 48.5 Å². The molecule has 30 heavy (non-hydrogen) atoms. The van der Waals surface area contributed by atoms with Gasteiger partial charge in [-0.2, -0.15) is 0 Å². The highest BCUT2D eigenvalue weighted by atomic mass is 16.5. The van der Waals surface area contributed by atoms with Crippen molar-refractivity contribution in [3.8, 4) is 17.2 Å². The summed E-state index contributed by atoms with van der Waals surface area (Å²) in [6.07, 6.45) is 2.06. The van der Waals surface area contributed by atoms with Gasteiger partial charge in [-0.05, 0) is 25.0 Å². The minimum absolute atomic E-state index is 0.384. The first kappa shape index (κ1) is 21.6. The Hall–Kier alpha value is -3.09. The number of benzene rings is 2. The first-order valence-electron chi connectivity index (χ1n) is 10.3. The number of nitrogens with one attached hydrogen (secondary N) is 2. The predicted octanol–water partition coefficient (Wildman–Crippen LogP) is 2.92. The van der Waals surface area contributed by atoms with Gasteiger partial charge in [-0.1, -0.05) is 18.2 Å². The number of para-hydroxylation sites is 1. The number of piperidine rings is 1. The Balaban J connectivity index is 1.43. The van der Waals surface area contributed by atoms with Crippen LogP contribution < -0.4 is 29.7 Å². The van der Waals surface area contributed by atoms with Gasteiger partial charge >= 0.3 is 0 Å². The Morgan fingerprint density at radius 3 is 2.27 bits per heavy atom. The third-order valence-electron chi connectivity index (χ3n) is 5.17. The van der Waals surface area contributed by atoms with Gasteiger partial charge in [0.1, 0.15) is 23.9 Å². The van der Waals surface area contributed by atoms with Gasteiger partial charge in [0.05, 0.1) is 20.8 Å². The van der Waals surface area contributed by atoms with Crippen LogP contribution in [0.2, 0.25) is 0 Å². The summed E-state index contributed by atoms with van der Waals surface area (Å²) in [7, 11) is 5.15. The quantitative estimate of drug-likeness (QED) is 0.395. The van der Waals surface area contributed by atoms with Gasteiger partial charge in [0.15, 0.2) is 5.96 Å². The van der Waals surface area contributed by atoms with Crippen molar-refractivity contribution < 1.29 is 14.2 Å². The second kappa shape index (κ2) is 11.2. The molecule has 1 aliphatic rings. The average molecular weight is 413 g/mol. The number of aliphatic imine (C=N–C) groups is 1. The molecular formula is C23H32N4O3. The van der Waals surface area contributed by atoms with E-state index in [-0.39, 0.29) is 0 Å². The molecule has 2 N–H and O–H groups in total. The maximum atomic E-state index is 5.72. The van der Waals surface area contributed by atoms with Crippen LogP contribution in [0.1, 0.15) is 12.8 Å². The molecular weight excluding hydrogens is 380 g/mol. The zero-order valence-corrected chi connectivity index (χ0v) is 18.1. The molecule has 0 bridgehead atoms. The molecule has 0 amide bonds. The van der Waals surface area contributed by atoms with Crippen LogP contribution in [0.4, 0.5) is 5.69 Å². The number of nitrogens with zero attached hydrogens (tertiary/aromatic N) is 2. The summed E-state index contributed by atoms with van der Waals surface area (Å²) < 4.78 is 16.5. The van der Waals surface area contributed by atoms with Crippen LogP contribution in [0.3, 0.4) is 0 Å². The molecule has 2 aromatic carbocycles. The fourth-order valence-corrected chi connectivity index (χ4v) is 3.50. The summed E-state index contributed by atoms with van der Waals surface area (Å²) in [6.45, 7) is 3.20. The Morgan fingerprint density at radius 2 is 1.67 bits per heavy atom. The van der Waals surface area contributed by atoms with Crippen LogP contribution in [-0.4, -0.2) is 59.5 Å². The standard InChI is InChI=1S/C23H32N4O3/c1-24-23(25-11-14-30-20-7-5-4-6-8-20)26-18-9-12-27(13-10-18)19-15-21(28-2)17-22(16-19)29-3/h4-8,15-18H,9-14H2,1-3H3,(H2,24,25,26). The maximum absolute atomic E-state index is 5.72. The van der Waals surface area contributed by atoms with E-state index in [2.05, 4.69) is 32.7 Å². The molecule has 1 heterocycles. The number of rotatable bonds is 8. The molecule has 0 radical (unpaired) electrons. The van der Waals surface area contributed by atoms with E-state index in [1.54, 1.807) is 21.3 Å². The fraction of sp³-hybridized carbons (Fsp3) is 0.435. The number of hydrogen-bond donors (Lipinski definition) is 2. The van der Waals surface area contributed by atoms with Crippen LogP contribution in [0.15, 0.2) is 53.5 Å². The zero-order chi connectivity index (χ0) is 21.2. The predicted molar refractivity (Wildman–Crippen MR) is 121 cm³/mol. The summed E-state index contributed by atoms with van der Waals surface area (Å²) in [4.78, 5) is 6.71. The third kappa shape index (κ3) is 6.20. The number of methoxy groups -OCH3 is 2. The number of guanidine groups is 1. The molecule has 1 saturated heterocycles. The van der Waals surface area contributed by atoms with Gasteiger partial charge in [0, 0.05) is 50.1 Å². The Kier molecular flexibility index (Phi) is 8.06. The number of hydrogen-bond acceptors (Lipinski definition) is 5. The summed E-state index contributed by atoms with van der Waals surface area (Å²) in [5.74, 6) is 3.32. The minimum atomic E-state index is 0.384. The zero-order valence-electron chi connectivity index (χ0n) is 18.1. The van der Waals surface area contributed by atoms with Crippen LogP contribution in [0, 0.1) is 0 Å². The smallest absolute Gasteiger partial charge is 0.191 e. The van der Waals surface area contributed by atoms with Crippen molar-refractivity contribution in [2.75, 3.05) is 52.4 Å². The van der Waals surface area contributed by atoms with E-state index in [0.29, 0.717) is 19.2 Å². The lowest BCUT2D eigenvalue weighted by molar-refractivity contribution is 0.321. The van der Waals surface area contributed by atoms with Crippen LogP contribution in [-0.2, 0) is 0 Å². The van der Waals surface area contributed by atoms with Crippen molar-refractivity contribution in [2.24, 2.45) is 4.99 Å². The Bertz CT molecular complexity index is 783. The average Bonchev–Trinajstić information content (AvgIpc) is 2.81. The van der Waals surface area contributed by atoms with Gasteiger partial charge in [0.2, 0.25) is 0 Å². The molecule has 0 spiro atoms. The molecule has 0 aromatic heterocycles. The number of ether oxygens (including phenoxy) is 3. The molecule has 0 atom stereocenters. The van der Waals surface area contributed by atoms with E-state index in [0.717, 1.165) is 54.8 Å². The summed E-state index contributed by atoms with van der Waals surface area (Å²) in [5.41, 5.74) is 1.13. The van der Waals surface area contributed by atoms with E-state index < -0.39 is 0 Å². The first-order chi connectivity index (χ1) is 14.7. The second-order valence-corrected chi connectivity index (χ2v) is 7.14. The van der Waals surface area contributed by atoms with Gasteiger partial charge < -0.3 is 29.7 Å². The second-order valence-electron chi connectivity index (χ2n) is 7.14. The third-order valence-corrected chi connectivity index (χ3v) is 5.17. The van der Waals surface area contributed by atoms with Crippen molar-refractivity contribution in [1.29, 1.82) is 0 Å². The van der Waals surface area contributed by atoms with Crippen molar-refractivity contribution in [1.82, 2.24) is 10.6 Å². The van der Waals surface area contributed by atoms with Gasteiger partial charge in [-0.25, -0.2) is 0 Å². The number of anilines is 1. The fourth-order valence-electron chi connectivity index (χ4n) is 3.50. The lowest BCUT2D eigenvalue weighted by Crippen LogP contribution is -2.49. The van der Waals surface area contributed by atoms with E-state index in [4.69, 9.17) is 14.2 Å². The van der Waals surface area contributed by atoms with E-state index in [9.17, 15) is 0 Å². The highest BCUT2D eigenvalue weighted by Gasteiger charge is 2.21. The topological polar surface area (TPSA) is 67.4 Å². The molecule has 3 rings (SSSR count). The first-order valence-corrected chi connectivity index (χ1v) is 10.3. The highest BCUT2D eigenvalue weighted by molar-refractivity contribution is 5.80. The van der Waals surface area contributed by atoms with Crippen molar-refractivity contribution in [2.45, 2.75) is 18.9 Å². The molecule has 2 aromatic rings. The molecule has 1 fully saturated rings. The molecule has 0 saturated carbocycles. The van der Waals surface area contributed by atoms with Crippen LogP contribution >= 0.6 is 0 Å². The van der Waals surface area contributed by atoms with Crippen LogP contribution in [0.25, 0.3) is 0 Å². The molecule has 0 unspecified atom stereocenters. The lowest BCUT2D eigenvalue weighted by Gasteiger charge is -2.34. The van der Waals surface area contributed by atoms with Gasteiger partial charge in [-0.15, -0.1) is 0 Å². The lowest BCUT2D eigenvalue weighted by atomic mass is 10.0. The van der Waals surface area contributed by atoms with Gasteiger partial charge in [0.25, 0.3) is 0 Å². The summed E-state index contributed by atoms with van der Waals surface area (Å²) in [6, 6.07) is 16.2. The maximum Gasteiger partial charge on any atom is 0.191 e. The molecule has 7 heteroatoms. The van der Waals surface area contributed by atoms with Crippen LogP contribution in [0.5, 0.6) is 17.2 Å². The molecule has 162 valence electrons. The van der Waals surface area contributed by atoms with Crippen molar-refractivity contribution >= 4 is 11.6 Å². The van der Waals surface area contributed by atoms with Crippen molar-refractivity contribution in [3.63, 3.8) is 0 Å². The largest absolute Gasteiger partial charge is 0.497 e. The Morgan fingerprint density at radius 1 is 1.00 bits per heavy atom.